The molecule has 6 nitrogen and oxygen atoms in total. The van der Waals surface area contributed by atoms with E-state index in [9.17, 15) is 9.59 Å². The number of hydrogen-bond donors (Lipinski definition) is 1. The average Bonchev–Trinajstić information content (AvgIpc) is 2.48. The highest BCUT2D eigenvalue weighted by Crippen LogP contribution is 2.59. The molecular formula is C16H18N4O2. The number of nitrogens with zero attached hydrogens (tertiary/aromatic N) is 3. The van der Waals surface area contributed by atoms with E-state index < -0.39 is 5.91 Å². The van der Waals surface area contributed by atoms with Crippen LogP contribution >= 0.6 is 0 Å². The molecule has 4 atom stereocenters. The molecule has 6 heteroatoms. The summed E-state index contributed by atoms with van der Waals surface area (Å²) in [4.78, 5) is 33.9. The lowest BCUT2D eigenvalue weighted by Gasteiger charge is -2.72. The normalized spacial score (nSPS) is 35.7. The number of primary amides is 1. The highest BCUT2D eigenvalue weighted by Gasteiger charge is 2.67. The molecule has 3 saturated heterocycles. The third-order valence-electron chi connectivity index (χ3n) is 5.53. The fraction of sp³-hybridized carbons (Fsp3) is 0.500. The Labute approximate surface area is 128 Å². The smallest absolute Gasteiger partial charge is 0.268 e. The van der Waals surface area contributed by atoms with Gasteiger partial charge in [0.25, 0.3) is 5.91 Å². The highest BCUT2D eigenvalue weighted by atomic mass is 16.1. The molecule has 0 aromatic carbocycles. The van der Waals surface area contributed by atoms with E-state index in [1.54, 1.807) is 6.20 Å². The molecule has 2 N–H and O–H groups in total. The highest BCUT2D eigenvalue weighted by molar-refractivity contribution is 5.99. The van der Waals surface area contributed by atoms with Crippen LogP contribution in [0.2, 0.25) is 0 Å². The van der Waals surface area contributed by atoms with Crippen LogP contribution in [0.4, 0.5) is 0 Å². The number of amides is 1. The van der Waals surface area contributed by atoms with E-state index in [4.69, 9.17) is 5.73 Å². The zero-order valence-corrected chi connectivity index (χ0v) is 12.2. The lowest BCUT2D eigenvalue weighted by molar-refractivity contribution is -0.215. The number of aromatic nitrogens is 2. The summed E-state index contributed by atoms with van der Waals surface area (Å²) in [5, 5.41) is 0. The topological polar surface area (TPSA) is 89.2 Å². The molecule has 3 aliphatic heterocycles. The van der Waals surface area contributed by atoms with Gasteiger partial charge in [-0.2, -0.15) is 0 Å². The molecule has 0 saturated carbocycles. The number of nitrogens with two attached hydrogens (primary N) is 1. The zero-order valence-electron chi connectivity index (χ0n) is 12.2. The maximum atomic E-state index is 12.0. The van der Waals surface area contributed by atoms with Crippen LogP contribution in [0.5, 0.6) is 0 Å². The van der Waals surface area contributed by atoms with Gasteiger partial charge < -0.3 is 5.73 Å². The molecule has 1 aromatic rings. The first kappa shape index (κ1) is 13.6. The summed E-state index contributed by atoms with van der Waals surface area (Å²) in [6.07, 6.45) is 8.43. The van der Waals surface area contributed by atoms with Crippen molar-refractivity contribution in [1.82, 2.24) is 14.9 Å². The number of carbonyl (C=O) groups excluding carboxylic acids is 2. The van der Waals surface area contributed by atoms with Gasteiger partial charge in [-0.05, 0) is 31.8 Å². The largest absolute Gasteiger partial charge is 0.364 e. The molecule has 0 aliphatic carbocycles. The predicted molar refractivity (Wildman–Crippen MR) is 79.1 cm³/mol. The summed E-state index contributed by atoms with van der Waals surface area (Å²) < 4.78 is 0. The van der Waals surface area contributed by atoms with Crippen molar-refractivity contribution in [2.75, 3.05) is 0 Å². The van der Waals surface area contributed by atoms with Gasteiger partial charge in [-0.25, -0.2) is 4.98 Å². The predicted octanol–water partition coefficient (Wildman–Crippen LogP) is 0.793. The molecule has 0 spiro atoms. The Hall–Kier alpha value is -2.08. The van der Waals surface area contributed by atoms with Crippen molar-refractivity contribution < 1.29 is 9.59 Å². The van der Waals surface area contributed by atoms with E-state index in [0.717, 1.165) is 31.4 Å². The van der Waals surface area contributed by atoms with Gasteiger partial charge in [-0.3, -0.25) is 19.5 Å². The van der Waals surface area contributed by atoms with Crippen molar-refractivity contribution in [2.24, 2.45) is 5.73 Å². The lowest BCUT2D eigenvalue weighted by Crippen LogP contribution is -2.82. The molecule has 1 amide bonds. The SMILES string of the molecule is C=CC(=O)C12C[C@H]3CC(c4cnc(C(N)=O)cn4)C[C@@H](C1)N32. The third-order valence-corrected chi connectivity index (χ3v) is 5.53. The van der Waals surface area contributed by atoms with E-state index >= 15 is 0 Å². The summed E-state index contributed by atoms with van der Waals surface area (Å²) in [7, 11) is 0. The molecular weight excluding hydrogens is 280 g/mol. The second-order valence-corrected chi connectivity index (χ2v) is 6.58. The Kier molecular flexibility index (Phi) is 2.75. The number of ketones is 1. The summed E-state index contributed by atoms with van der Waals surface area (Å²) in [5.41, 5.74) is 6.07. The van der Waals surface area contributed by atoms with Crippen LogP contribution in [0.25, 0.3) is 0 Å². The minimum absolute atomic E-state index is 0.170. The van der Waals surface area contributed by atoms with Crippen LogP contribution in [-0.2, 0) is 4.79 Å². The summed E-state index contributed by atoms with van der Waals surface area (Å²) in [6, 6.07) is 0.915. The van der Waals surface area contributed by atoms with Crippen LogP contribution in [0.15, 0.2) is 25.0 Å². The quantitative estimate of drug-likeness (QED) is 0.830. The van der Waals surface area contributed by atoms with Gasteiger partial charge in [0.05, 0.1) is 17.4 Å². The van der Waals surface area contributed by atoms with Gasteiger partial charge in [0.1, 0.15) is 5.69 Å². The first-order valence-corrected chi connectivity index (χ1v) is 7.62. The van der Waals surface area contributed by atoms with Crippen molar-refractivity contribution in [3.8, 4) is 0 Å². The van der Waals surface area contributed by atoms with Crippen molar-refractivity contribution in [3.05, 3.63) is 36.4 Å². The van der Waals surface area contributed by atoms with Crippen LogP contribution in [0.1, 0.15) is 47.8 Å². The van der Waals surface area contributed by atoms with Crippen LogP contribution in [0, 0.1) is 0 Å². The first-order chi connectivity index (χ1) is 10.5. The van der Waals surface area contributed by atoms with Gasteiger partial charge in [0.2, 0.25) is 0 Å². The van der Waals surface area contributed by atoms with E-state index in [2.05, 4.69) is 21.4 Å². The lowest BCUT2D eigenvalue weighted by atomic mass is 9.56. The monoisotopic (exact) mass is 298 g/mol. The molecule has 0 radical (unpaired) electrons. The van der Waals surface area contributed by atoms with Gasteiger partial charge in [0, 0.05) is 24.2 Å². The minimum atomic E-state index is -0.556. The number of hydrogen-bond acceptors (Lipinski definition) is 5. The van der Waals surface area contributed by atoms with Crippen LogP contribution in [-0.4, -0.2) is 44.2 Å². The molecule has 4 heterocycles. The molecule has 0 bridgehead atoms. The third kappa shape index (κ3) is 1.64. The van der Waals surface area contributed by atoms with Gasteiger partial charge in [-0.15, -0.1) is 0 Å². The Morgan fingerprint density at radius 2 is 1.95 bits per heavy atom. The van der Waals surface area contributed by atoms with E-state index in [0.29, 0.717) is 18.0 Å². The molecule has 2 unspecified atom stereocenters. The van der Waals surface area contributed by atoms with Crippen LogP contribution in [0.3, 0.4) is 0 Å². The second kappa shape index (κ2) is 4.46. The van der Waals surface area contributed by atoms with E-state index in [-0.39, 0.29) is 17.0 Å². The fourth-order valence-corrected chi connectivity index (χ4v) is 4.63. The molecule has 114 valence electrons. The fourth-order valence-electron chi connectivity index (χ4n) is 4.63. The van der Waals surface area contributed by atoms with Crippen molar-refractivity contribution >= 4 is 11.7 Å². The number of carbonyl (C=O) groups is 2. The molecule has 3 fully saturated rings. The maximum Gasteiger partial charge on any atom is 0.268 e. The van der Waals surface area contributed by atoms with Gasteiger partial charge in [0.15, 0.2) is 5.78 Å². The Balaban J connectivity index is 1.49. The maximum absolute atomic E-state index is 12.0. The van der Waals surface area contributed by atoms with Crippen LogP contribution < -0.4 is 5.73 Å². The standard InChI is InChI=1S/C16H18N4O2/c1-2-14(21)16-5-10-3-9(4-11(6-16)20(10)16)12-7-19-13(8-18-12)15(17)22/h2,7-11H,1,3-6H2,(H2,17,22)/t9?,10-,11+,16?. The first-order valence-electron chi connectivity index (χ1n) is 7.62. The van der Waals surface area contributed by atoms with E-state index in [1.807, 2.05) is 0 Å². The Morgan fingerprint density at radius 1 is 1.27 bits per heavy atom. The second-order valence-electron chi connectivity index (χ2n) is 6.58. The van der Waals surface area contributed by atoms with Gasteiger partial charge in [-0.1, -0.05) is 6.58 Å². The number of piperidine rings is 2. The van der Waals surface area contributed by atoms with Gasteiger partial charge >= 0.3 is 0 Å². The average molecular weight is 298 g/mol. The van der Waals surface area contributed by atoms with Crippen molar-refractivity contribution in [3.63, 3.8) is 0 Å². The zero-order chi connectivity index (χ0) is 15.5. The minimum Gasteiger partial charge on any atom is -0.364 e. The summed E-state index contributed by atoms with van der Waals surface area (Å²) >= 11 is 0. The molecule has 4 rings (SSSR count). The van der Waals surface area contributed by atoms with E-state index in [1.165, 1.54) is 12.3 Å². The van der Waals surface area contributed by atoms with Crippen molar-refractivity contribution in [2.45, 2.75) is 49.2 Å². The Morgan fingerprint density at radius 3 is 2.45 bits per heavy atom. The van der Waals surface area contributed by atoms with Crippen molar-refractivity contribution in [1.29, 1.82) is 0 Å². The number of rotatable bonds is 4. The Bertz CT molecular complexity index is 653. The molecule has 3 aliphatic rings. The summed E-state index contributed by atoms with van der Waals surface area (Å²) in [5.74, 6) is -0.0403. The summed E-state index contributed by atoms with van der Waals surface area (Å²) in [6.45, 7) is 3.62. The molecule has 22 heavy (non-hydrogen) atoms. The molecule has 1 aromatic heterocycles.